The van der Waals surface area contributed by atoms with Crippen molar-refractivity contribution in [3.63, 3.8) is 0 Å². The normalized spacial score (nSPS) is 14.9. The van der Waals surface area contributed by atoms with Gasteiger partial charge in [-0.3, -0.25) is 0 Å². The summed E-state index contributed by atoms with van der Waals surface area (Å²) in [5.41, 5.74) is 9.51. The summed E-state index contributed by atoms with van der Waals surface area (Å²) in [6.07, 6.45) is 2.36. The van der Waals surface area contributed by atoms with Gasteiger partial charge >= 0.3 is 0 Å². The monoisotopic (exact) mass is 980 g/mol. The number of fused-ring (bicyclic) bond motifs is 4. The minimum absolute atomic E-state index is 0. The van der Waals surface area contributed by atoms with Crippen molar-refractivity contribution in [2.75, 3.05) is 9.80 Å². The summed E-state index contributed by atoms with van der Waals surface area (Å²) in [5, 5.41) is 2.17. The molecule has 0 radical (unpaired) electrons. The van der Waals surface area contributed by atoms with Crippen LogP contribution in [0.3, 0.4) is 0 Å². The van der Waals surface area contributed by atoms with Gasteiger partial charge in [0.15, 0.2) is 0 Å². The Balaban J connectivity index is 0.00000624. The van der Waals surface area contributed by atoms with Gasteiger partial charge < -0.3 is 14.4 Å². The fourth-order valence-corrected chi connectivity index (χ4v) is 8.46. The first-order valence-corrected chi connectivity index (χ1v) is 20.0. The van der Waals surface area contributed by atoms with E-state index in [1.165, 1.54) is 5.56 Å². The van der Waals surface area contributed by atoms with E-state index in [2.05, 4.69) is 73.9 Å². The van der Waals surface area contributed by atoms with Crippen LogP contribution in [0.15, 0.2) is 158 Å². The molecule has 2 aromatic heterocycles. The maximum atomic E-state index is 9.23. The number of benzene rings is 7. The SMILES string of the molecule is [2H]c1c([2H])c([2H])c(-c2c(C)c(C)c(C)c(-c3c([2H])c([2H])c([2H])c([2H])c3[2H])c2N2[CH-]N(c3[c-]c(Cc4[c-]c5c(cc4)c4ccccc4n5-c4cc(C(C)(C)C)ccn4)ccc3)c3ccccc32)c([2H])c1[2H].[Pt]. The van der Waals surface area contributed by atoms with Gasteiger partial charge in [0.1, 0.15) is 5.82 Å². The zero-order chi connectivity index (χ0) is 49.8. The molecule has 1 aliphatic rings. The van der Waals surface area contributed by atoms with Crippen LogP contribution in [0, 0.1) is 39.6 Å². The summed E-state index contributed by atoms with van der Waals surface area (Å²) in [4.78, 5) is 8.64. The van der Waals surface area contributed by atoms with Gasteiger partial charge in [0.05, 0.1) is 13.7 Å². The molecule has 0 atom stereocenters. The Labute approximate surface area is 388 Å². The quantitative estimate of drug-likeness (QED) is 0.149. The van der Waals surface area contributed by atoms with Gasteiger partial charge in [-0.2, -0.15) is 53.6 Å². The Hall–Kier alpha value is -6.22. The molecule has 0 amide bonds. The van der Waals surface area contributed by atoms with Gasteiger partial charge in [-0.25, -0.2) is 4.98 Å². The first-order valence-electron chi connectivity index (χ1n) is 25.0. The van der Waals surface area contributed by atoms with E-state index in [1.807, 2.05) is 98.0 Å². The molecule has 4 nitrogen and oxygen atoms in total. The summed E-state index contributed by atoms with van der Waals surface area (Å²) >= 11 is 0. The van der Waals surface area contributed by atoms with Crippen molar-refractivity contribution < 1.29 is 34.8 Å². The van der Waals surface area contributed by atoms with Crippen LogP contribution in [0.5, 0.6) is 0 Å². The number of nitrogens with zero attached hydrogens (tertiary/aromatic N) is 4. The van der Waals surface area contributed by atoms with Crippen LogP contribution in [-0.2, 0) is 32.9 Å². The topological polar surface area (TPSA) is 24.3 Å². The van der Waals surface area contributed by atoms with Crippen molar-refractivity contribution >= 4 is 44.6 Å². The van der Waals surface area contributed by atoms with Crippen LogP contribution in [0.1, 0.15) is 67.9 Å². The standard InChI is InChI=1S/C56H47N4.Pt/c1-37-38(2)53(42-19-9-7-10-20-42)55(54(39(37)3)43-21-11-8-12-22-43)59-36-58(49-26-15-16-27-50(49)59)45-23-17-18-40(33-45)32-41-28-29-47-46-24-13-14-25-48(46)60(51(47)34-41)52-35-44(30-31-57-52)56(4,5)6;/h7-31,35-36H,32H2,1-6H3;/q-3;/i7D,8D,9D,10D,11D,12D,19D,20D,21D,22D;. The van der Waals surface area contributed by atoms with Gasteiger partial charge in [-0.15, -0.1) is 17.7 Å². The van der Waals surface area contributed by atoms with Gasteiger partial charge in [0.25, 0.3) is 0 Å². The third kappa shape index (κ3) is 7.07. The number of anilines is 4. The van der Waals surface area contributed by atoms with Crippen molar-refractivity contribution in [3.8, 4) is 28.1 Å². The average molecular weight is 981 g/mol. The van der Waals surface area contributed by atoms with E-state index in [9.17, 15) is 5.48 Å². The molecule has 0 saturated heterocycles. The van der Waals surface area contributed by atoms with Crippen molar-refractivity contribution in [2.45, 2.75) is 53.4 Å². The molecule has 1 aliphatic heterocycles. The largest absolute Gasteiger partial charge is 0.493 e. The molecule has 0 aliphatic carbocycles. The Bertz CT molecular complexity index is 3520. The van der Waals surface area contributed by atoms with E-state index < -0.39 is 60.4 Å². The van der Waals surface area contributed by atoms with Crippen molar-refractivity contribution in [2.24, 2.45) is 0 Å². The first kappa shape index (κ1) is 29.9. The fourth-order valence-electron chi connectivity index (χ4n) is 8.46. The number of pyridine rings is 1. The minimum atomic E-state index is -0.546. The number of rotatable bonds is 7. The molecule has 0 bridgehead atoms. The van der Waals surface area contributed by atoms with E-state index in [4.69, 9.17) is 13.2 Å². The summed E-state index contributed by atoms with van der Waals surface area (Å²) in [7, 11) is 0. The van der Waals surface area contributed by atoms with Crippen LogP contribution >= 0.6 is 0 Å². The fraction of sp³-hybridized carbons (Fsp3) is 0.143. The van der Waals surface area contributed by atoms with Gasteiger partial charge in [-0.05, 0) is 102 Å². The molecule has 9 aromatic rings. The first-order chi connectivity index (χ1) is 33.3. The third-order valence-electron chi connectivity index (χ3n) is 11.7. The molecule has 7 aromatic carbocycles. The summed E-state index contributed by atoms with van der Waals surface area (Å²) in [6.45, 7) is 13.9. The Kier molecular flexibility index (Phi) is 7.84. The van der Waals surface area contributed by atoms with Crippen LogP contribution in [-0.4, -0.2) is 9.55 Å². The van der Waals surface area contributed by atoms with E-state index >= 15 is 0 Å². The van der Waals surface area contributed by atoms with Gasteiger partial charge in [0, 0.05) is 61.0 Å². The Morgan fingerprint density at radius 3 is 1.93 bits per heavy atom. The van der Waals surface area contributed by atoms with Crippen LogP contribution < -0.4 is 9.80 Å². The van der Waals surface area contributed by atoms with Crippen molar-refractivity contribution in [1.29, 1.82) is 0 Å². The molecule has 0 unspecified atom stereocenters. The molecule has 0 saturated carbocycles. The minimum Gasteiger partial charge on any atom is -0.493 e. The second-order valence-corrected chi connectivity index (χ2v) is 16.3. The van der Waals surface area contributed by atoms with E-state index in [0.29, 0.717) is 40.2 Å². The molecule has 304 valence electrons. The maximum Gasteiger partial charge on any atom is 0.135 e. The second-order valence-electron chi connectivity index (χ2n) is 16.3. The molecule has 10 rings (SSSR count). The smallest absolute Gasteiger partial charge is 0.135 e. The van der Waals surface area contributed by atoms with Crippen LogP contribution in [0.2, 0.25) is 0 Å². The van der Waals surface area contributed by atoms with Crippen molar-refractivity contribution in [1.82, 2.24) is 9.55 Å². The maximum absolute atomic E-state index is 9.23. The number of para-hydroxylation sites is 3. The molecule has 0 spiro atoms. The zero-order valence-electron chi connectivity index (χ0n) is 44.6. The predicted octanol–water partition coefficient (Wildman–Crippen LogP) is 14.3. The van der Waals surface area contributed by atoms with E-state index in [1.54, 1.807) is 0 Å². The Morgan fingerprint density at radius 2 is 1.26 bits per heavy atom. The molecule has 5 heteroatoms. The van der Waals surface area contributed by atoms with Gasteiger partial charge in [-0.1, -0.05) is 117 Å². The summed E-state index contributed by atoms with van der Waals surface area (Å²) < 4.78 is 90.9. The summed E-state index contributed by atoms with van der Waals surface area (Å²) in [6, 6.07) is 32.8. The molecular weight excluding hydrogens is 924 g/mol. The molecule has 0 N–H and O–H groups in total. The molecule has 3 heterocycles. The molecular formula is C56H47N4Pt-3. The third-order valence-corrected chi connectivity index (χ3v) is 11.7. The second kappa shape index (κ2) is 16.0. The summed E-state index contributed by atoms with van der Waals surface area (Å²) in [5.74, 6) is 0.816. The van der Waals surface area contributed by atoms with E-state index in [-0.39, 0.29) is 48.7 Å². The molecule has 61 heavy (non-hydrogen) atoms. The van der Waals surface area contributed by atoms with E-state index in [0.717, 1.165) is 44.4 Å². The number of aromatic nitrogens is 2. The Morgan fingerprint density at radius 1 is 0.639 bits per heavy atom. The van der Waals surface area contributed by atoms with Crippen LogP contribution in [0.4, 0.5) is 22.7 Å². The zero-order valence-corrected chi connectivity index (χ0v) is 36.9. The number of hydrogen-bond donors (Lipinski definition) is 0. The average Bonchev–Trinajstić information content (AvgIpc) is 3.90. The van der Waals surface area contributed by atoms with Crippen molar-refractivity contribution in [3.05, 3.63) is 210 Å². The molecule has 0 fully saturated rings. The number of hydrogen-bond acceptors (Lipinski definition) is 3. The van der Waals surface area contributed by atoms with Gasteiger partial charge in [0.2, 0.25) is 0 Å². The predicted molar refractivity (Wildman–Crippen MR) is 251 cm³/mol. The van der Waals surface area contributed by atoms with Crippen LogP contribution in [0.25, 0.3) is 49.9 Å².